The van der Waals surface area contributed by atoms with Crippen LogP contribution in [0.2, 0.25) is 0 Å². The molecule has 0 bridgehead atoms. The predicted octanol–water partition coefficient (Wildman–Crippen LogP) is 2.52. The molecule has 0 aliphatic rings. The fourth-order valence-electron chi connectivity index (χ4n) is 1.57. The van der Waals surface area contributed by atoms with E-state index in [4.69, 9.17) is 23.4 Å². The summed E-state index contributed by atoms with van der Waals surface area (Å²) in [6.07, 6.45) is 0. The van der Waals surface area contributed by atoms with E-state index in [0.717, 1.165) is 0 Å². The number of benzene rings is 1. The van der Waals surface area contributed by atoms with Crippen molar-refractivity contribution in [2.45, 2.75) is 0 Å². The molecular weight excluding hydrogens is 332 g/mol. The molecule has 0 atom stereocenters. The first-order valence-corrected chi connectivity index (χ1v) is 6.46. The van der Waals surface area contributed by atoms with Crippen molar-refractivity contribution in [2.75, 3.05) is 27.8 Å². The number of ether oxygens (including phenoxy) is 4. The zero-order valence-corrected chi connectivity index (χ0v) is 12.6. The molecule has 1 aromatic heterocycles. The molecule has 0 aliphatic heterocycles. The summed E-state index contributed by atoms with van der Waals surface area (Å²) in [4.78, 5) is 11.5. The molecule has 0 unspecified atom stereocenters. The first-order chi connectivity index (χ1) is 9.65. The molecule has 0 saturated heterocycles. The second-order valence-corrected chi connectivity index (χ2v) is 4.67. The van der Waals surface area contributed by atoms with Crippen molar-refractivity contribution >= 4 is 26.9 Å². The first kappa shape index (κ1) is 14.8. The van der Waals surface area contributed by atoms with Crippen molar-refractivity contribution in [3.8, 4) is 11.5 Å². The summed E-state index contributed by atoms with van der Waals surface area (Å²) in [5.74, 6) is 0.874. The average Bonchev–Trinajstić information content (AvgIpc) is 2.44. The summed E-state index contributed by atoms with van der Waals surface area (Å²) in [7, 11) is 3.03. The van der Waals surface area contributed by atoms with E-state index in [1.807, 2.05) is 0 Å². The van der Waals surface area contributed by atoms with Gasteiger partial charge in [0, 0.05) is 25.7 Å². The maximum atomic E-state index is 11.5. The van der Waals surface area contributed by atoms with E-state index in [0.29, 0.717) is 26.9 Å². The van der Waals surface area contributed by atoms with Gasteiger partial charge in [-0.25, -0.2) is 4.79 Å². The zero-order chi connectivity index (χ0) is 14.5. The van der Waals surface area contributed by atoms with Crippen LogP contribution in [-0.2, 0) is 9.47 Å². The van der Waals surface area contributed by atoms with E-state index in [1.54, 1.807) is 18.2 Å². The highest BCUT2D eigenvalue weighted by molar-refractivity contribution is 9.10. The highest BCUT2D eigenvalue weighted by atomic mass is 79.9. The minimum atomic E-state index is -0.458. The zero-order valence-electron chi connectivity index (χ0n) is 11.0. The Morgan fingerprint density at radius 2 is 1.65 bits per heavy atom. The molecule has 2 rings (SSSR count). The second kappa shape index (κ2) is 6.74. The highest BCUT2D eigenvalue weighted by Gasteiger charge is 2.11. The van der Waals surface area contributed by atoms with Gasteiger partial charge < -0.3 is 23.4 Å². The minimum absolute atomic E-state index is 0.0512. The Morgan fingerprint density at radius 3 is 2.25 bits per heavy atom. The van der Waals surface area contributed by atoms with Crippen molar-refractivity contribution in [1.29, 1.82) is 0 Å². The summed E-state index contributed by atoms with van der Waals surface area (Å²) >= 11 is 3.13. The van der Waals surface area contributed by atoms with Crippen LogP contribution in [0.5, 0.6) is 11.5 Å². The number of halogens is 1. The van der Waals surface area contributed by atoms with Crippen LogP contribution in [0.25, 0.3) is 11.0 Å². The van der Waals surface area contributed by atoms with Gasteiger partial charge >= 0.3 is 5.63 Å². The molecule has 0 N–H and O–H groups in total. The van der Waals surface area contributed by atoms with Gasteiger partial charge in [-0.05, 0) is 28.1 Å². The van der Waals surface area contributed by atoms with Crippen molar-refractivity contribution < 1.29 is 23.4 Å². The lowest BCUT2D eigenvalue weighted by Gasteiger charge is -2.12. The van der Waals surface area contributed by atoms with E-state index < -0.39 is 5.63 Å². The molecule has 108 valence electrons. The monoisotopic (exact) mass is 344 g/mol. The lowest BCUT2D eigenvalue weighted by atomic mass is 10.2. The van der Waals surface area contributed by atoms with Gasteiger partial charge in [-0.2, -0.15) is 0 Å². The van der Waals surface area contributed by atoms with Crippen molar-refractivity contribution in [2.24, 2.45) is 0 Å². The Labute approximate surface area is 123 Å². The van der Waals surface area contributed by atoms with Gasteiger partial charge in [0.15, 0.2) is 25.1 Å². The molecule has 6 nitrogen and oxygen atoms in total. The summed E-state index contributed by atoms with van der Waals surface area (Å²) in [6, 6.07) is 4.93. The van der Waals surface area contributed by atoms with Crippen LogP contribution in [0.15, 0.2) is 31.9 Å². The Balaban J connectivity index is 2.49. The molecule has 1 heterocycles. The molecule has 0 spiro atoms. The van der Waals surface area contributed by atoms with Crippen molar-refractivity contribution in [1.82, 2.24) is 0 Å². The van der Waals surface area contributed by atoms with Gasteiger partial charge in [-0.3, -0.25) is 0 Å². The third-order valence-electron chi connectivity index (χ3n) is 2.42. The van der Waals surface area contributed by atoms with Gasteiger partial charge in [-0.15, -0.1) is 0 Å². The summed E-state index contributed by atoms with van der Waals surface area (Å²) in [5.41, 5.74) is -0.0604. The normalized spacial score (nSPS) is 10.8. The molecule has 0 radical (unpaired) electrons. The smallest absolute Gasteiger partial charge is 0.350 e. The SMILES string of the molecule is COCOc1cc2cc(Br)c(=O)oc2cc1OCOC. The molecule has 2 aromatic rings. The average molecular weight is 345 g/mol. The molecule has 20 heavy (non-hydrogen) atoms. The largest absolute Gasteiger partial charge is 0.464 e. The van der Waals surface area contributed by atoms with Gasteiger partial charge in [-0.1, -0.05) is 0 Å². The quantitative estimate of drug-likeness (QED) is 0.592. The summed E-state index contributed by atoms with van der Waals surface area (Å²) < 4.78 is 26.0. The maximum Gasteiger partial charge on any atom is 0.350 e. The van der Waals surface area contributed by atoms with Crippen LogP contribution < -0.4 is 15.1 Å². The Hall–Kier alpha value is -1.57. The fraction of sp³-hybridized carbons (Fsp3) is 0.308. The van der Waals surface area contributed by atoms with E-state index in [9.17, 15) is 4.79 Å². The fourth-order valence-corrected chi connectivity index (χ4v) is 1.90. The Kier molecular flexibility index (Phi) is 4.99. The topological polar surface area (TPSA) is 67.1 Å². The van der Waals surface area contributed by atoms with Crippen LogP contribution in [0.3, 0.4) is 0 Å². The minimum Gasteiger partial charge on any atom is -0.464 e. The Morgan fingerprint density at radius 1 is 1.05 bits per heavy atom. The van der Waals surface area contributed by atoms with Crippen LogP contribution in [-0.4, -0.2) is 27.8 Å². The van der Waals surface area contributed by atoms with Crippen LogP contribution >= 0.6 is 15.9 Å². The number of methoxy groups -OCH3 is 2. The molecule has 0 amide bonds. The van der Waals surface area contributed by atoms with Crippen molar-refractivity contribution in [3.05, 3.63) is 33.1 Å². The molecule has 0 fully saturated rings. The van der Waals surface area contributed by atoms with E-state index in [2.05, 4.69) is 15.9 Å². The molecule has 1 aromatic carbocycles. The lowest BCUT2D eigenvalue weighted by Crippen LogP contribution is -2.05. The van der Waals surface area contributed by atoms with Gasteiger partial charge in [0.1, 0.15) is 10.1 Å². The van der Waals surface area contributed by atoms with Gasteiger partial charge in [0.05, 0.1) is 0 Å². The molecule has 0 aliphatic carbocycles. The number of hydrogen-bond donors (Lipinski definition) is 0. The van der Waals surface area contributed by atoms with Gasteiger partial charge in [0.2, 0.25) is 0 Å². The Bertz CT molecular complexity index is 651. The van der Waals surface area contributed by atoms with Crippen molar-refractivity contribution in [3.63, 3.8) is 0 Å². The van der Waals surface area contributed by atoms with E-state index in [1.165, 1.54) is 14.2 Å². The standard InChI is InChI=1S/C13H13BrO6/c1-16-6-18-11-4-8-3-9(14)13(15)20-10(8)5-12(11)19-7-17-2/h3-5H,6-7H2,1-2H3. The second-order valence-electron chi connectivity index (χ2n) is 3.82. The predicted molar refractivity (Wildman–Crippen MR) is 75.2 cm³/mol. The first-order valence-electron chi connectivity index (χ1n) is 5.66. The van der Waals surface area contributed by atoms with Crippen LogP contribution in [0.1, 0.15) is 0 Å². The number of fused-ring (bicyclic) bond motifs is 1. The maximum absolute atomic E-state index is 11.5. The number of rotatable bonds is 6. The van der Waals surface area contributed by atoms with E-state index in [-0.39, 0.29) is 13.6 Å². The number of hydrogen-bond acceptors (Lipinski definition) is 6. The van der Waals surface area contributed by atoms with Gasteiger partial charge in [0.25, 0.3) is 0 Å². The van der Waals surface area contributed by atoms with Crippen LogP contribution in [0.4, 0.5) is 0 Å². The lowest BCUT2D eigenvalue weighted by molar-refractivity contribution is 0.0324. The third-order valence-corrected chi connectivity index (χ3v) is 2.97. The molecule has 7 heteroatoms. The summed E-state index contributed by atoms with van der Waals surface area (Å²) in [6.45, 7) is 0.127. The molecule has 0 saturated carbocycles. The highest BCUT2D eigenvalue weighted by Crippen LogP contribution is 2.33. The van der Waals surface area contributed by atoms with E-state index >= 15 is 0 Å². The third kappa shape index (κ3) is 3.30. The molecular formula is C13H13BrO6. The van der Waals surface area contributed by atoms with Crippen LogP contribution in [0, 0.1) is 0 Å². The summed E-state index contributed by atoms with van der Waals surface area (Å²) in [5, 5.41) is 0.701.